The van der Waals surface area contributed by atoms with Gasteiger partial charge in [-0.1, -0.05) is 110 Å². The van der Waals surface area contributed by atoms with Gasteiger partial charge in [-0.15, -0.1) is 0 Å². The number of carbonyl (C=O) groups excluding carboxylic acids is 6. The molecule has 0 spiro atoms. The van der Waals surface area contributed by atoms with Crippen molar-refractivity contribution in [2.45, 2.75) is 161 Å². The van der Waals surface area contributed by atoms with Crippen LogP contribution in [-0.2, 0) is 76.3 Å². The van der Waals surface area contributed by atoms with Gasteiger partial charge in [0, 0.05) is 52.0 Å². The lowest BCUT2D eigenvalue weighted by atomic mass is 10.0. The number of carboxylic acids is 2. The van der Waals surface area contributed by atoms with Gasteiger partial charge < -0.3 is 80.0 Å². The Balaban J connectivity index is 3.57. The van der Waals surface area contributed by atoms with Crippen molar-refractivity contribution in [3.05, 3.63) is 0 Å². The monoisotopic (exact) mass is 1120 g/mol. The van der Waals surface area contributed by atoms with E-state index in [0.717, 1.165) is 44.9 Å². The van der Waals surface area contributed by atoms with Crippen LogP contribution in [0.3, 0.4) is 0 Å². The van der Waals surface area contributed by atoms with E-state index in [2.05, 4.69) is 31.9 Å². The minimum atomic E-state index is -1.18. The van der Waals surface area contributed by atoms with Crippen LogP contribution in [0.2, 0.25) is 0 Å². The second-order valence-corrected chi connectivity index (χ2v) is 18.7. The Labute approximate surface area is 463 Å². The van der Waals surface area contributed by atoms with Crippen LogP contribution in [0.4, 0.5) is 0 Å². The first-order valence-electron chi connectivity index (χ1n) is 28.6. The molecule has 0 aliphatic carbocycles. The third kappa shape index (κ3) is 56.2. The summed E-state index contributed by atoms with van der Waals surface area (Å²) in [7, 11) is 0. The molecule has 0 aromatic rings. The fourth-order valence-corrected chi connectivity index (χ4v) is 7.34. The van der Waals surface area contributed by atoms with E-state index in [1.165, 1.54) is 70.6 Å². The van der Waals surface area contributed by atoms with E-state index in [-0.39, 0.29) is 173 Å². The molecule has 0 aromatic heterocycles. The molecular weight excluding hydrogens is 1020 g/mol. The van der Waals surface area contributed by atoms with E-state index in [4.69, 9.17) is 43.0 Å². The molecule has 0 aliphatic rings. The summed E-state index contributed by atoms with van der Waals surface area (Å²) in [6.45, 7) is 5.86. The third-order valence-corrected chi connectivity index (χ3v) is 11.6. The highest BCUT2D eigenvalue weighted by molar-refractivity contribution is 5.84. The van der Waals surface area contributed by atoms with E-state index in [1.807, 2.05) is 6.92 Å². The number of carboxylic acid groups (broad SMARTS) is 2. The summed E-state index contributed by atoms with van der Waals surface area (Å²) < 4.78 is 42.6. The van der Waals surface area contributed by atoms with Crippen LogP contribution >= 0.6 is 0 Å². The van der Waals surface area contributed by atoms with Gasteiger partial charge in [-0.05, 0) is 25.7 Å². The Bertz CT molecular complexity index is 1530. The van der Waals surface area contributed by atoms with Crippen LogP contribution < -0.4 is 31.9 Å². The molecule has 8 N–H and O–H groups in total. The van der Waals surface area contributed by atoms with Gasteiger partial charge in [0.15, 0.2) is 0 Å². The first kappa shape index (κ1) is 73.4. The molecule has 0 radical (unpaired) electrons. The molecule has 0 fully saturated rings. The van der Waals surface area contributed by atoms with Crippen LogP contribution in [0, 0.1) is 0 Å². The molecule has 0 heterocycles. The molecule has 0 unspecified atom stereocenters. The van der Waals surface area contributed by atoms with Crippen molar-refractivity contribution in [2.24, 2.45) is 0 Å². The highest BCUT2D eigenvalue weighted by Gasteiger charge is 2.21. The van der Waals surface area contributed by atoms with Gasteiger partial charge in [-0.3, -0.25) is 33.6 Å². The summed E-state index contributed by atoms with van der Waals surface area (Å²) in [5, 5.41) is 34.1. The summed E-state index contributed by atoms with van der Waals surface area (Å²) in [6.07, 6.45) is 21.9. The molecular formula is C54H100N6O18. The number of hydrogen-bond donors (Lipinski definition) is 8. The quantitative estimate of drug-likeness (QED) is 0.0405. The highest BCUT2D eigenvalue weighted by Crippen LogP contribution is 2.15. The van der Waals surface area contributed by atoms with Gasteiger partial charge in [0.2, 0.25) is 35.4 Å². The maximum atomic E-state index is 12.4. The van der Waals surface area contributed by atoms with Gasteiger partial charge in [0.1, 0.15) is 32.5 Å². The molecule has 0 saturated carbocycles. The summed E-state index contributed by atoms with van der Waals surface area (Å²) in [5.41, 5.74) is 0. The molecule has 0 rings (SSSR count). The van der Waals surface area contributed by atoms with E-state index >= 15 is 0 Å². The zero-order valence-electron chi connectivity index (χ0n) is 47.1. The van der Waals surface area contributed by atoms with Crippen LogP contribution in [0.1, 0.15) is 155 Å². The Morgan fingerprint density at radius 3 is 0.910 bits per heavy atom. The van der Waals surface area contributed by atoms with Gasteiger partial charge in [0.05, 0.1) is 79.3 Å². The van der Waals surface area contributed by atoms with Crippen molar-refractivity contribution in [1.82, 2.24) is 31.9 Å². The number of amides is 6. The van der Waals surface area contributed by atoms with Crippen molar-refractivity contribution >= 4 is 47.4 Å². The molecule has 0 aliphatic heterocycles. The zero-order valence-corrected chi connectivity index (χ0v) is 47.1. The van der Waals surface area contributed by atoms with Crippen molar-refractivity contribution in [3.8, 4) is 0 Å². The summed E-state index contributed by atoms with van der Waals surface area (Å²) >= 11 is 0. The average Bonchev–Trinajstić information content (AvgIpc) is 3.41. The normalized spacial score (nSPS) is 11.4. The van der Waals surface area contributed by atoms with Gasteiger partial charge in [-0.25, -0.2) is 4.79 Å². The molecule has 454 valence electrons. The van der Waals surface area contributed by atoms with Gasteiger partial charge in [0.25, 0.3) is 0 Å². The summed E-state index contributed by atoms with van der Waals surface area (Å²) in [4.78, 5) is 94.1. The first-order valence-corrected chi connectivity index (χ1v) is 28.6. The standard InChI is InChI=1S/C54H100N6O18/c1-2-25-55-49(63)42-75-38-35-72-31-27-57-51(65)44-77-40-37-74-33-29-59-52(66)45-78-41-36-73-32-28-58-50(64)43-76-39-34-71-30-26-56-47(61)24-23-46(54(69)70)60-48(62)21-19-17-15-13-11-9-7-5-3-4-6-8-10-12-14-16-18-20-22-53(67)68/h46H,2-45H2,1H3,(H,55,63)(H,56,61)(H,57,65)(H,58,64)(H,59,66)(H,60,62)(H,67,68)(H,69,70)/t46-/m0/s1. The molecule has 0 saturated heterocycles. The number of carbonyl (C=O) groups is 8. The Kier molecular flexibility index (Phi) is 53.8. The minimum Gasteiger partial charge on any atom is -0.481 e. The molecule has 24 heteroatoms. The fourth-order valence-electron chi connectivity index (χ4n) is 7.34. The predicted octanol–water partition coefficient (Wildman–Crippen LogP) is 3.35. The van der Waals surface area contributed by atoms with Crippen LogP contribution in [0.5, 0.6) is 0 Å². The Morgan fingerprint density at radius 2 is 0.603 bits per heavy atom. The van der Waals surface area contributed by atoms with Gasteiger partial charge in [-0.2, -0.15) is 0 Å². The smallest absolute Gasteiger partial charge is 0.326 e. The first-order chi connectivity index (χ1) is 37.9. The van der Waals surface area contributed by atoms with Crippen LogP contribution in [0.15, 0.2) is 0 Å². The molecule has 24 nitrogen and oxygen atoms in total. The lowest BCUT2D eigenvalue weighted by Crippen LogP contribution is -2.41. The fraction of sp³-hybridized carbons (Fsp3) is 0.852. The SMILES string of the molecule is CCCNC(=O)COCCOCCNC(=O)COCCOCCNC(=O)COCCOCCNC(=O)COCCOCCNC(=O)CC[C@H](NC(=O)CCCCCCCCCCCCCCCCCCCCC(=O)O)C(=O)O. The van der Waals surface area contributed by atoms with Crippen molar-refractivity contribution in [1.29, 1.82) is 0 Å². The zero-order chi connectivity index (χ0) is 57.2. The maximum Gasteiger partial charge on any atom is 0.326 e. The minimum absolute atomic E-state index is 0.0155. The van der Waals surface area contributed by atoms with Crippen molar-refractivity contribution in [2.75, 3.05) is 138 Å². The number of aliphatic carboxylic acids is 2. The van der Waals surface area contributed by atoms with Crippen molar-refractivity contribution in [3.63, 3.8) is 0 Å². The lowest BCUT2D eigenvalue weighted by molar-refractivity contribution is -0.142. The average molecular weight is 1120 g/mol. The number of unbranched alkanes of at least 4 members (excludes halogenated alkanes) is 17. The Hall–Kier alpha value is -4.56. The molecule has 0 bridgehead atoms. The van der Waals surface area contributed by atoms with Crippen molar-refractivity contribution < 1.29 is 86.5 Å². The summed E-state index contributed by atoms with van der Waals surface area (Å²) in [5.74, 6) is -3.68. The van der Waals surface area contributed by atoms with E-state index in [9.17, 15) is 43.5 Å². The number of rotatable bonds is 60. The number of hydrogen-bond acceptors (Lipinski definition) is 16. The second-order valence-electron chi connectivity index (χ2n) is 18.7. The van der Waals surface area contributed by atoms with E-state index in [1.54, 1.807) is 0 Å². The van der Waals surface area contributed by atoms with Gasteiger partial charge >= 0.3 is 11.9 Å². The second kappa shape index (κ2) is 57.1. The maximum absolute atomic E-state index is 12.4. The molecule has 6 amide bonds. The number of nitrogens with one attached hydrogen (secondary N) is 6. The third-order valence-electron chi connectivity index (χ3n) is 11.6. The molecule has 78 heavy (non-hydrogen) atoms. The topological polar surface area (TPSA) is 323 Å². The molecule has 1 atom stereocenters. The van der Waals surface area contributed by atoms with E-state index < -0.39 is 18.0 Å². The van der Waals surface area contributed by atoms with Crippen LogP contribution in [0.25, 0.3) is 0 Å². The largest absolute Gasteiger partial charge is 0.481 e. The highest BCUT2D eigenvalue weighted by atomic mass is 16.5. The lowest BCUT2D eigenvalue weighted by Gasteiger charge is -2.14. The molecule has 0 aromatic carbocycles. The van der Waals surface area contributed by atoms with E-state index in [0.29, 0.717) is 32.7 Å². The van der Waals surface area contributed by atoms with Crippen LogP contribution in [-0.4, -0.2) is 202 Å². The number of ether oxygens (including phenoxy) is 8. The predicted molar refractivity (Wildman–Crippen MR) is 291 cm³/mol. The Morgan fingerprint density at radius 1 is 0.321 bits per heavy atom. The summed E-state index contributed by atoms with van der Waals surface area (Å²) in [6, 6.07) is -1.15.